The van der Waals surface area contributed by atoms with Crippen molar-refractivity contribution in [1.82, 2.24) is 10.2 Å². The number of nitrogens with zero attached hydrogens (tertiary/aromatic N) is 1. The molecule has 6 heteroatoms. The third-order valence-electron chi connectivity index (χ3n) is 4.33. The molecule has 27 heavy (non-hydrogen) atoms. The lowest BCUT2D eigenvalue weighted by Gasteiger charge is -2.25. The third-order valence-corrected chi connectivity index (χ3v) is 5.06. The van der Waals surface area contributed by atoms with Gasteiger partial charge in [-0.25, -0.2) is 0 Å². The first-order valence-corrected chi connectivity index (χ1v) is 9.69. The number of hydrogen-bond donors (Lipinski definition) is 2. The molecule has 0 spiro atoms. The second-order valence-electron chi connectivity index (χ2n) is 6.74. The van der Waals surface area contributed by atoms with E-state index in [0.29, 0.717) is 0 Å². The Kier molecular flexibility index (Phi) is 7.56. The normalized spacial score (nSPS) is 12.9. The van der Waals surface area contributed by atoms with Gasteiger partial charge in [-0.05, 0) is 44.5 Å². The van der Waals surface area contributed by atoms with E-state index in [1.54, 1.807) is 7.05 Å². The van der Waals surface area contributed by atoms with Gasteiger partial charge in [0.15, 0.2) is 0 Å². The molecule has 0 radical (unpaired) electrons. The maximum absolute atomic E-state index is 12.6. The van der Waals surface area contributed by atoms with Crippen molar-refractivity contribution in [1.29, 1.82) is 0 Å². The van der Waals surface area contributed by atoms with E-state index in [0.717, 1.165) is 21.3 Å². The number of carbonyl (C=O) groups excluding carboxylic acids is 2. The van der Waals surface area contributed by atoms with Crippen LogP contribution in [-0.4, -0.2) is 36.3 Å². The second kappa shape index (κ2) is 9.67. The summed E-state index contributed by atoms with van der Waals surface area (Å²) in [6.07, 6.45) is 0. The Morgan fingerprint density at radius 2 is 1.70 bits per heavy atom. The molecule has 0 heterocycles. The summed E-state index contributed by atoms with van der Waals surface area (Å²) >= 11 is 3.53. The van der Waals surface area contributed by atoms with Gasteiger partial charge in [0.2, 0.25) is 11.8 Å². The van der Waals surface area contributed by atoms with Crippen LogP contribution in [0.5, 0.6) is 0 Å². The van der Waals surface area contributed by atoms with E-state index in [1.807, 2.05) is 69.3 Å². The highest BCUT2D eigenvalue weighted by atomic mass is 79.9. The van der Waals surface area contributed by atoms with Crippen molar-refractivity contribution in [2.75, 3.05) is 18.9 Å². The molecule has 0 aliphatic heterocycles. The van der Waals surface area contributed by atoms with Crippen molar-refractivity contribution in [2.45, 2.75) is 32.9 Å². The van der Waals surface area contributed by atoms with Gasteiger partial charge in [-0.2, -0.15) is 0 Å². The minimum absolute atomic E-state index is 0.00213. The maximum Gasteiger partial charge on any atom is 0.243 e. The highest BCUT2D eigenvalue weighted by molar-refractivity contribution is 9.10. The smallest absolute Gasteiger partial charge is 0.243 e. The predicted molar refractivity (Wildman–Crippen MR) is 113 cm³/mol. The van der Waals surface area contributed by atoms with Crippen molar-refractivity contribution in [2.24, 2.45) is 0 Å². The molecule has 2 amide bonds. The molecule has 2 N–H and O–H groups in total. The van der Waals surface area contributed by atoms with Crippen LogP contribution in [0, 0.1) is 6.92 Å². The molecule has 0 aliphatic carbocycles. The summed E-state index contributed by atoms with van der Waals surface area (Å²) in [6.45, 7) is 5.81. The summed E-state index contributed by atoms with van der Waals surface area (Å²) < 4.78 is 0.996. The summed E-state index contributed by atoms with van der Waals surface area (Å²) in [5.41, 5.74) is 2.93. The van der Waals surface area contributed by atoms with Crippen LogP contribution in [0.1, 0.15) is 31.0 Å². The van der Waals surface area contributed by atoms with E-state index in [9.17, 15) is 9.59 Å². The SMILES string of the molecule is Cc1ccc(NC(=O)CN(C)C(=O)[C@@H](C)N[C@@H](C)c2ccccc2Br)cc1. The fourth-order valence-corrected chi connectivity index (χ4v) is 3.45. The van der Waals surface area contributed by atoms with Crippen LogP contribution >= 0.6 is 15.9 Å². The number of hydrogen-bond acceptors (Lipinski definition) is 3. The molecule has 0 saturated heterocycles. The molecule has 0 fully saturated rings. The highest BCUT2D eigenvalue weighted by Crippen LogP contribution is 2.23. The average molecular weight is 432 g/mol. The molecule has 2 aromatic carbocycles. The Balaban J connectivity index is 1.88. The Hall–Kier alpha value is -2.18. The van der Waals surface area contributed by atoms with Gasteiger partial charge in [-0.1, -0.05) is 51.8 Å². The lowest BCUT2D eigenvalue weighted by molar-refractivity contribution is -0.135. The van der Waals surface area contributed by atoms with Crippen molar-refractivity contribution in [3.8, 4) is 0 Å². The first-order chi connectivity index (χ1) is 12.8. The zero-order valence-electron chi connectivity index (χ0n) is 16.1. The minimum Gasteiger partial charge on any atom is -0.335 e. The first-order valence-electron chi connectivity index (χ1n) is 8.90. The van der Waals surface area contributed by atoms with Crippen LogP contribution in [0.25, 0.3) is 0 Å². The number of carbonyl (C=O) groups is 2. The number of aryl methyl sites for hydroxylation is 1. The van der Waals surface area contributed by atoms with Gasteiger partial charge < -0.3 is 10.2 Å². The van der Waals surface area contributed by atoms with Crippen LogP contribution in [-0.2, 0) is 9.59 Å². The molecule has 0 unspecified atom stereocenters. The number of likely N-dealkylation sites (N-methyl/N-ethyl adjacent to an activating group) is 1. The minimum atomic E-state index is -0.413. The zero-order valence-corrected chi connectivity index (χ0v) is 17.7. The van der Waals surface area contributed by atoms with E-state index in [1.165, 1.54) is 4.90 Å². The van der Waals surface area contributed by atoms with Crippen molar-refractivity contribution in [3.05, 3.63) is 64.1 Å². The zero-order chi connectivity index (χ0) is 20.0. The van der Waals surface area contributed by atoms with E-state index in [4.69, 9.17) is 0 Å². The van der Waals surface area contributed by atoms with Gasteiger partial charge in [0.25, 0.3) is 0 Å². The van der Waals surface area contributed by atoms with E-state index < -0.39 is 6.04 Å². The number of benzene rings is 2. The molecule has 2 rings (SSSR count). The predicted octanol–water partition coefficient (Wildman–Crippen LogP) is 3.89. The van der Waals surface area contributed by atoms with Gasteiger partial charge in [-0.3, -0.25) is 14.9 Å². The van der Waals surface area contributed by atoms with Crippen molar-refractivity contribution in [3.63, 3.8) is 0 Å². The Labute approximate surface area is 169 Å². The van der Waals surface area contributed by atoms with E-state index >= 15 is 0 Å². The Morgan fingerprint density at radius 3 is 2.33 bits per heavy atom. The number of halogens is 1. The summed E-state index contributed by atoms with van der Waals surface area (Å²) in [5.74, 6) is -0.353. The van der Waals surface area contributed by atoms with Crippen molar-refractivity contribution < 1.29 is 9.59 Å². The van der Waals surface area contributed by atoms with Gasteiger partial charge in [0.1, 0.15) is 0 Å². The van der Waals surface area contributed by atoms with Gasteiger partial charge >= 0.3 is 0 Å². The number of amides is 2. The monoisotopic (exact) mass is 431 g/mol. The van der Waals surface area contributed by atoms with Gasteiger partial charge in [0.05, 0.1) is 12.6 Å². The molecule has 2 atom stereocenters. The second-order valence-corrected chi connectivity index (χ2v) is 7.59. The fraction of sp³-hybridized carbons (Fsp3) is 0.333. The van der Waals surface area contributed by atoms with E-state index in [2.05, 4.69) is 26.6 Å². The van der Waals surface area contributed by atoms with Crippen LogP contribution < -0.4 is 10.6 Å². The molecule has 0 aromatic heterocycles. The van der Waals surface area contributed by atoms with Gasteiger partial charge in [0, 0.05) is 23.2 Å². The van der Waals surface area contributed by atoms with Crippen LogP contribution in [0.3, 0.4) is 0 Å². The molecule has 0 saturated carbocycles. The molecule has 0 bridgehead atoms. The largest absolute Gasteiger partial charge is 0.335 e. The summed E-state index contributed by atoms with van der Waals surface area (Å²) in [6, 6.07) is 15.0. The molecular weight excluding hydrogens is 406 g/mol. The maximum atomic E-state index is 12.6. The number of rotatable bonds is 7. The third kappa shape index (κ3) is 6.19. The lowest BCUT2D eigenvalue weighted by Crippen LogP contribution is -2.46. The highest BCUT2D eigenvalue weighted by Gasteiger charge is 2.22. The number of nitrogens with one attached hydrogen (secondary N) is 2. The Bertz CT molecular complexity index is 792. The summed E-state index contributed by atoms with van der Waals surface area (Å²) in [5, 5.41) is 6.10. The van der Waals surface area contributed by atoms with E-state index in [-0.39, 0.29) is 24.4 Å². The van der Waals surface area contributed by atoms with Crippen LogP contribution in [0.2, 0.25) is 0 Å². The van der Waals surface area contributed by atoms with Crippen LogP contribution in [0.15, 0.2) is 53.0 Å². The lowest BCUT2D eigenvalue weighted by atomic mass is 10.1. The molecule has 2 aromatic rings. The first kappa shape index (κ1) is 21.1. The standard InChI is InChI=1S/C21H26BrN3O2/c1-14-9-11-17(12-10-14)24-20(26)13-25(4)21(27)16(3)23-15(2)18-7-5-6-8-19(18)22/h5-12,15-16,23H,13H2,1-4H3,(H,24,26)/t15-,16+/m0/s1. The quantitative estimate of drug-likeness (QED) is 0.698. The topological polar surface area (TPSA) is 61.4 Å². The molecule has 5 nitrogen and oxygen atoms in total. The average Bonchev–Trinajstić information content (AvgIpc) is 2.63. The molecule has 144 valence electrons. The van der Waals surface area contributed by atoms with Gasteiger partial charge in [-0.15, -0.1) is 0 Å². The van der Waals surface area contributed by atoms with Crippen molar-refractivity contribution >= 4 is 33.4 Å². The molecule has 0 aliphatic rings. The Morgan fingerprint density at radius 1 is 1.07 bits per heavy atom. The number of anilines is 1. The fourth-order valence-electron chi connectivity index (χ4n) is 2.82. The van der Waals surface area contributed by atoms with Crippen LogP contribution in [0.4, 0.5) is 5.69 Å². The summed E-state index contributed by atoms with van der Waals surface area (Å²) in [7, 11) is 1.64. The summed E-state index contributed by atoms with van der Waals surface area (Å²) in [4.78, 5) is 26.2. The molecular formula is C21H26BrN3O2.